The Kier molecular flexibility index (Phi) is 7.50. The molecule has 0 unspecified atom stereocenters. The van der Waals surface area contributed by atoms with Crippen LogP contribution >= 0.6 is 11.6 Å². The van der Waals surface area contributed by atoms with Gasteiger partial charge in [-0.05, 0) is 67.3 Å². The minimum atomic E-state index is -3.55. The van der Waals surface area contributed by atoms with Gasteiger partial charge in [-0.15, -0.1) is 0 Å². The average molecular weight is 505 g/mol. The standard InChI is InChI=1S/C23H25ClN4O5S/c1-32-20-10-9-19(34(30,31)28-12-2-3-13-28)14-17(20)6-11-21(29)25-15-22-26-23(27-33-22)16-4-7-18(24)8-5-16/h4-5,7-10,14H,2-3,6,11-13,15H2,1H3,(H,25,29). The number of benzene rings is 2. The van der Waals surface area contributed by atoms with Crippen molar-refractivity contribution in [2.45, 2.75) is 37.1 Å². The number of halogens is 1. The molecule has 2 aromatic carbocycles. The molecule has 1 saturated heterocycles. The Bertz CT molecular complexity index is 1250. The van der Waals surface area contributed by atoms with Gasteiger partial charge in [0.2, 0.25) is 27.6 Å². The third-order valence-electron chi connectivity index (χ3n) is 5.58. The lowest BCUT2D eigenvalue weighted by atomic mass is 10.1. The number of rotatable bonds is 9. The summed E-state index contributed by atoms with van der Waals surface area (Å²) in [5.41, 5.74) is 1.40. The largest absolute Gasteiger partial charge is 0.496 e. The summed E-state index contributed by atoms with van der Waals surface area (Å²) in [6, 6.07) is 11.8. The van der Waals surface area contributed by atoms with E-state index in [0.29, 0.717) is 41.7 Å². The Morgan fingerprint density at radius 2 is 1.91 bits per heavy atom. The molecule has 0 saturated carbocycles. The van der Waals surface area contributed by atoms with Crippen LogP contribution in [0.2, 0.25) is 5.02 Å². The minimum absolute atomic E-state index is 0.0833. The van der Waals surface area contributed by atoms with E-state index in [1.807, 2.05) is 0 Å². The molecule has 0 spiro atoms. The van der Waals surface area contributed by atoms with Crippen molar-refractivity contribution in [1.82, 2.24) is 19.8 Å². The van der Waals surface area contributed by atoms with Crippen molar-refractivity contribution >= 4 is 27.5 Å². The maximum atomic E-state index is 12.9. The van der Waals surface area contributed by atoms with Gasteiger partial charge in [-0.1, -0.05) is 16.8 Å². The number of hydrogen-bond acceptors (Lipinski definition) is 7. The molecule has 1 aromatic heterocycles. The molecule has 0 radical (unpaired) electrons. The average Bonchev–Trinajstić information content (AvgIpc) is 3.54. The molecule has 4 rings (SSSR count). The van der Waals surface area contributed by atoms with Crippen molar-refractivity contribution in [3.8, 4) is 17.1 Å². The van der Waals surface area contributed by atoms with Crippen LogP contribution < -0.4 is 10.1 Å². The molecule has 0 atom stereocenters. The Morgan fingerprint density at radius 3 is 2.62 bits per heavy atom. The summed E-state index contributed by atoms with van der Waals surface area (Å²) in [5.74, 6) is 0.982. The highest BCUT2D eigenvalue weighted by Gasteiger charge is 2.27. The highest BCUT2D eigenvalue weighted by molar-refractivity contribution is 7.89. The molecule has 34 heavy (non-hydrogen) atoms. The molecule has 1 amide bonds. The zero-order chi connectivity index (χ0) is 24.1. The smallest absolute Gasteiger partial charge is 0.246 e. The lowest BCUT2D eigenvalue weighted by Gasteiger charge is -2.17. The Labute approximate surface area is 203 Å². The number of aryl methyl sites for hydroxylation is 1. The number of aromatic nitrogens is 2. The van der Waals surface area contributed by atoms with E-state index in [0.717, 1.165) is 18.4 Å². The molecular weight excluding hydrogens is 480 g/mol. The van der Waals surface area contributed by atoms with Gasteiger partial charge >= 0.3 is 0 Å². The van der Waals surface area contributed by atoms with Crippen LogP contribution in [0.15, 0.2) is 51.9 Å². The van der Waals surface area contributed by atoms with Crippen LogP contribution in [0.5, 0.6) is 5.75 Å². The van der Waals surface area contributed by atoms with Crippen LogP contribution in [0.25, 0.3) is 11.4 Å². The second-order valence-electron chi connectivity index (χ2n) is 7.88. The highest BCUT2D eigenvalue weighted by atomic mass is 35.5. The predicted octanol–water partition coefficient (Wildman–Crippen LogP) is 3.43. The van der Waals surface area contributed by atoms with Crippen molar-refractivity contribution in [1.29, 1.82) is 0 Å². The predicted molar refractivity (Wildman–Crippen MR) is 126 cm³/mol. The van der Waals surface area contributed by atoms with Gasteiger partial charge in [0, 0.05) is 30.1 Å². The minimum Gasteiger partial charge on any atom is -0.496 e. The SMILES string of the molecule is COc1ccc(S(=O)(=O)N2CCCC2)cc1CCC(=O)NCc1nc(-c2ccc(Cl)cc2)no1. The molecule has 3 aromatic rings. The van der Waals surface area contributed by atoms with E-state index < -0.39 is 10.0 Å². The van der Waals surface area contributed by atoms with Gasteiger partial charge in [-0.25, -0.2) is 8.42 Å². The number of nitrogens with one attached hydrogen (secondary N) is 1. The van der Waals surface area contributed by atoms with E-state index in [-0.39, 0.29) is 29.7 Å². The summed E-state index contributed by atoms with van der Waals surface area (Å²) in [7, 11) is -2.04. The highest BCUT2D eigenvalue weighted by Crippen LogP contribution is 2.27. The number of carbonyl (C=O) groups is 1. The lowest BCUT2D eigenvalue weighted by molar-refractivity contribution is -0.121. The fourth-order valence-electron chi connectivity index (χ4n) is 3.74. The number of hydrogen-bond donors (Lipinski definition) is 1. The number of carbonyl (C=O) groups excluding carboxylic acids is 1. The maximum absolute atomic E-state index is 12.9. The van der Waals surface area contributed by atoms with Gasteiger partial charge in [0.25, 0.3) is 0 Å². The number of amides is 1. The summed E-state index contributed by atoms with van der Waals surface area (Å²) in [6.07, 6.45) is 2.19. The van der Waals surface area contributed by atoms with Crippen LogP contribution in [0.1, 0.15) is 30.7 Å². The van der Waals surface area contributed by atoms with Crippen molar-refractivity contribution in [2.24, 2.45) is 0 Å². The molecule has 1 aliphatic rings. The van der Waals surface area contributed by atoms with Gasteiger partial charge in [-0.3, -0.25) is 4.79 Å². The molecule has 1 fully saturated rings. The molecule has 11 heteroatoms. The zero-order valence-electron chi connectivity index (χ0n) is 18.7. The van der Waals surface area contributed by atoms with E-state index in [9.17, 15) is 13.2 Å². The number of ether oxygens (including phenoxy) is 1. The molecule has 1 N–H and O–H groups in total. The van der Waals surface area contributed by atoms with Gasteiger partial charge in [-0.2, -0.15) is 9.29 Å². The normalized spacial score (nSPS) is 14.3. The van der Waals surface area contributed by atoms with Gasteiger partial charge in [0.05, 0.1) is 18.6 Å². The second-order valence-corrected chi connectivity index (χ2v) is 10.3. The number of sulfonamides is 1. The van der Waals surface area contributed by atoms with E-state index >= 15 is 0 Å². The molecule has 0 aliphatic carbocycles. The Morgan fingerprint density at radius 1 is 1.18 bits per heavy atom. The quantitative estimate of drug-likeness (QED) is 0.474. The topological polar surface area (TPSA) is 115 Å². The van der Waals surface area contributed by atoms with E-state index in [1.54, 1.807) is 42.5 Å². The summed E-state index contributed by atoms with van der Waals surface area (Å²) < 4.78 is 37.8. The van der Waals surface area contributed by atoms with Crippen LogP contribution in [0, 0.1) is 0 Å². The molecule has 2 heterocycles. The van der Waals surface area contributed by atoms with E-state index in [1.165, 1.54) is 11.4 Å². The number of nitrogens with zero attached hydrogens (tertiary/aromatic N) is 3. The molecular formula is C23H25ClN4O5S. The zero-order valence-corrected chi connectivity index (χ0v) is 20.2. The second kappa shape index (κ2) is 10.5. The van der Waals surface area contributed by atoms with Gasteiger partial charge < -0.3 is 14.6 Å². The van der Waals surface area contributed by atoms with Crippen LogP contribution in [-0.2, 0) is 27.8 Å². The maximum Gasteiger partial charge on any atom is 0.246 e. The van der Waals surface area contributed by atoms with Crippen molar-refractivity contribution in [3.05, 3.63) is 58.9 Å². The first-order valence-corrected chi connectivity index (χ1v) is 12.7. The van der Waals surface area contributed by atoms with E-state index in [2.05, 4.69) is 15.5 Å². The Balaban J connectivity index is 1.36. The molecule has 180 valence electrons. The molecule has 0 bridgehead atoms. The fraction of sp³-hybridized carbons (Fsp3) is 0.348. The Hall–Kier alpha value is -2.95. The monoisotopic (exact) mass is 504 g/mol. The lowest BCUT2D eigenvalue weighted by Crippen LogP contribution is -2.28. The van der Waals surface area contributed by atoms with E-state index in [4.69, 9.17) is 20.9 Å². The molecule has 1 aliphatic heterocycles. The van der Waals surface area contributed by atoms with Crippen molar-refractivity contribution < 1.29 is 22.5 Å². The third kappa shape index (κ3) is 5.57. The first-order chi connectivity index (χ1) is 16.4. The summed E-state index contributed by atoms with van der Waals surface area (Å²) in [5, 5.41) is 7.27. The van der Waals surface area contributed by atoms with Crippen molar-refractivity contribution in [2.75, 3.05) is 20.2 Å². The molecule has 9 nitrogen and oxygen atoms in total. The summed E-state index contributed by atoms with van der Waals surface area (Å²) >= 11 is 5.89. The van der Waals surface area contributed by atoms with Crippen LogP contribution in [-0.4, -0.2) is 49.0 Å². The van der Waals surface area contributed by atoms with Crippen LogP contribution in [0.3, 0.4) is 0 Å². The summed E-state index contributed by atoms with van der Waals surface area (Å²) in [4.78, 5) is 16.9. The first kappa shape index (κ1) is 24.2. The third-order valence-corrected chi connectivity index (χ3v) is 7.73. The van der Waals surface area contributed by atoms with Crippen molar-refractivity contribution in [3.63, 3.8) is 0 Å². The van der Waals surface area contributed by atoms with Gasteiger partial charge in [0.15, 0.2) is 0 Å². The number of methoxy groups -OCH3 is 1. The van der Waals surface area contributed by atoms with Gasteiger partial charge in [0.1, 0.15) is 5.75 Å². The first-order valence-electron chi connectivity index (χ1n) is 10.9. The summed E-state index contributed by atoms with van der Waals surface area (Å²) in [6.45, 7) is 1.14. The fourth-order valence-corrected chi connectivity index (χ4v) is 5.44. The van der Waals surface area contributed by atoms with Crippen LogP contribution in [0.4, 0.5) is 0 Å².